The largest absolute Gasteiger partial charge is 0.480 e. The summed E-state index contributed by atoms with van der Waals surface area (Å²) in [4.78, 5) is 16.4. The molecule has 5 nitrogen and oxygen atoms in total. The van der Waals surface area contributed by atoms with Gasteiger partial charge in [0.05, 0.1) is 0 Å². The first-order valence-corrected chi connectivity index (χ1v) is 8.01. The van der Waals surface area contributed by atoms with E-state index in [9.17, 15) is 4.79 Å². The topological polar surface area (TPSA) is 60.5 Å². The second-order valence-electron chi connectivity index (χ2n) is 5.72. The fourth-order valence-electron chi connectivity index (χ4n) is 2.73. The lowest BCUT2D eigenvalue weighted by Gasteiger charge is -2.12. The van der Waals surface area contributed by atoms with Gasteiger partial charge in [0.25, 0.3) is 5.91 Å². The monoisotopic (exact) mass is 332 g/mol. The summed E-state index contributed by atoms with van der Waals surface area (Å²) in [6.45, 7) is 0. The molecule has 1 aromatic heterocycles. The van der Waals surface area contributed by atoms with Crippen molar-refractivity contribution in [3.05, 3.63) is 78.6 Å². The normalized spacial score (nSPS) is 15.1. The molecule has 1 N–H and O–H groups in total. The summed E-state index contributed by atoms with van der Waals surface area (Å²) in [5.74, 6) is 1.93. The minimum Gasteiger partial charge on any atom is -0.480 e. The number of amides is 1. The van der Waals surface area contributed by atoms with E-state index in [4.69, 9.17) is 9.47 Å². The molecule has 4 rings (SSSR count). The minimum absolute atomic E-state index is 0.169. The van der Waals surface area contributed by atoms with Crippen LogP contribution in [0.4, 0.5) is 5.69 Å². The van der Waals surface area contributed by atoms with Crippen molar-refractivity contribution in [2.75, 3.05) is 5.32 Å². The highest BCUT2D eigenvalue weighted by Crippen LogP contribution is 2.29. The second-order valence-corrected chi connectivity index (χ2v) is 5.72. The van der Waals surface area contributed by atoms with Gasteiger partial charge in [-0.05, 0) is 35.9 Å². The number of ether oxygens (including phenoxy) is 2. The number of hydrogen-bond acceptors (Lipinski definition) is 4. The van der Waals surface area contributed by atoms with E-state index in [0.717, 1.165) is 11.3 Å². The van der Waals surface area contributed by atoms with Gasteiger partial charge in [-0.2, -0.15) is 0 Å². The first-order valence-electron chi connectivity index (χ1n) is 8.01. The predicted octanol–water partition coefficient (Wildman–Crippen LogP) is 3.82. The Bertz CT molecular complexity index is 871. The van der Waals surface area contributed by atoms with Gasteiger partial charge >= 0.3 is 0 Å². The van der Waals surface area contributed by atoms with E-state index in [0.29, 0.717) is 23.6 Å². The Morgan fingerprint density at radius 2 is 1.88 bits per heavy atom. The molecule has 0 aliphatic carbocycles. The lowest BCUT2D eigenvalue weighted by atomic mass is 10.1. The van der Waals surface area contributed by atoms with Crippen LogP contribution in [0.5, 0.6) is 17.2 Å². The highest BCUT2D eigenvalue weighted by atomic mass is 16.5. The Labute approximate surface area is 145 Å². The molecule has 0 spiro atoms. The van der Waals surface area contributed by atoms with Gasteiger partial charge in [0.15, 0.2) is 6.10 Å². The third kappa shape index (κ3) is 3.45. The van der Waals surface area contributed by atoms with Crippen LogP contribution in [0.15, 0.2) is 73.1 Å². The Morgan fingerprint density at radius 3 is 2.72 bits per heavy atom. The van der Waals surface area contributed by atoms with E-state index in [1.165, 1.54) is 0 Å². The van der Waals surface area contributed by atoms with E-state index >= 15 is 0 Å². The molecule has 1 atom stereocenters. The summed E-state index contributed by atoms with van der Waals surface area (Å²) in [5, 5.41) is 2.89. The van der Waals surface area contributed by atoms with Crippen LogP contribution in [0, 0.1) is 0 Å². The Kier molecular flexibility index (Phi) is 4.04. The molecule has 1 aliphatic heterocycles. The van der Waals surface area contributed by atoms with Gasteiger partial charge in [-0.1, -0.05) is 24.3 Å². The molecule has 1 aliphatic rings. The summed E-state index contributed by atoms with van der Waals surface area (Å²) in [5.41, 5.74) is 1.72. The Morgan fingerprint density at radius 1 is 1.04 bits per heavy atom. The summed E-state index contributed by atoms with van der Waals surface area (Å²) < 4.78 is 11.5. The maximum atomic E-state index is 12.5. The highest BCUT2D eigenvalue weighted by molar-refractivity contribution is 5.95. The molecular weight excluding hydrogens is 316 g/mol. The summed E-state index contributed by atoms with van der Waals surface area (Å²) in [6, 6.07) is 18.5. The van der Waals surface area contributed by atoms with Crippen molar-refractivity contribution in [1.29, 1.82) is 0 Å². The number of para-hydroxylation sites is 1. The molecule has 0 saturated heterocycles. The third-order valence-corrected chi connectivity index (χ3v) is 3.93. The van der Waals surface area contributed by atoms with Crippen LogP contribution in [0.1, 0.15) is 5.56 Å². The maximum Gasteiger partial charge on any atom is 0.265 e. The zero-order valence-electron chi connectivity index (χ0n) is 13.4. The fraction of sp³-hybridized carbons (Fsp3) is 0.100. The molecule has 5 heteroatoms. The number of pyridine rings is 1. The van der Waals surface area contributed by atoms with Crippen LogP contribution < -0.4 is 14.8 Å². The number of anilines is 1. The summed E-state index contributed by atoms with van der Waals surface area (Å²) >= 11 is 0. The number of rotatable bonds is 4. The van der Waals surface area contributed by atoms with E-state index in [-0.39, 0.29) is 5.91 Å². The van der Waals surface area contributed by atoms with Gasteiger partial charge < -0.3 is 14.8 Å². The number of nitrogens with one attached hydrogen (secondary N) is 1. The number of hydrogen-bond donors (Lipinski definition) is 1. The van der Waals surface area contributed by atoms with E-state index in [1.807, 2.05) is 42.5 Å². The molecule has 0 saturated carbocycles. The lowest BCUT2D eigenvalue weighted by molar-refractivity contribution is -0.122. The number of benzene rings is 2. The smallest absolute Gasteiger partial charge is 0.265 e. The molecule has 0 radical (unpaired) electrons. The molecular formula is C20H16N2O3. The maximum absolute atomic E-state index is 12.5. The number of nitrogens with zero attached hydrogens (tertiary/aromatic N) is 1. The molecule has 0 bridgehead atoms. The van der Waals surface area contributed by atoms with Crippen LogP contribution in [-0.4, -0.2) is 17.0 Å². The minimum atomic E-state index is -0.512. The zero-order chi connectivity index (χ0) is 17.1. The van der Waals surface area contributed by atoms with Crippen LogP contribution in [0.3, 0.4) is 0 Å². The molecule has 25 heavy (non-hydrogen) atoms. The van der Waals surface area contributed by atoms with Gasteiger partial charge in [-0.15, -0.1) is 0 Å². The van der Waals surface area contributed by atoms with E-state index < -0.39 is 6.10 Å². The second kappa shape index (κ2) is 6.65. The third-order valence-electron chi connectivity index (χ3n) is 3.93. The highest BCUT2D eigenvalue weighted by Gasteiger charge is 2.28. The lowest BCUT2D eigenvalue weighted by Crippen LogP contribution is -2.31. The first kappa shape index (κ1) is 15.2. The predicted molar refractivity (Wildman–Crippen MR) is 93.9 cm³/mol. The molecule has 124 valence electrons. The molecule has 1 unspecified atom stereocenters. The molecule has 3 aromatic rings. The molecule has 1 amide bonds. The first-order chi connectivity index (χ1) is 12.3. The van der Waals surface area contributed by atoms with Crippen molar-refractivity contribution in [2.24, 2.45) is 0 Å². The van der Waals surface area contributed by atoms with E-state index in [2.05, 4.69) is 10.3 Å². The van der Waals surface area contributed by atoms with Gasteiger partial charge in [-0.25, -0.2) is 0 Å². The van der Waals surface area contributed by atoms with Crippen LogP contribution in [0.2, 0.25) is 0 Å². The molecule has 2 heterocycles. The fourth-order valence-corrected chi connectivity index (χ4v) is 2.73. The zero-order valence-corrected chi connectivity index (χ0v) is 13.4. The van der Waals surface area contributed by atoms with Crippen LogP contribution in [-0.2, 0) is 11.2 Å². The van der Waals surface area contributed by atoms with Crippen molar-refractivity contribution in [3.8, 4) is 17.2 Å². The standard InChI is InChI=1S/C20H16N2O3/c23-20(19-12-14-4-1-2-7-18(14)25-19)22-15-5-3-6-17(13-15)24-16-8-10-21-11-9-16/h1-11,13,19H,12H2,(H,22,23). The van der Waals surface area contributed by atoms with Crippen molar-refractivity contribution < 1.29 is 14.3 Å². The van der Waals surface area contributed by atoms with Gasteiger partial charge in [0.2, 0.25) is 0 Å². The number of aromatic nitrogens is 1. The quantitative estimate of drug-likeness (QED) is 0.789. The Balaban J connectivity index is 1.43. The summed E-state index contributed by atoms with van der Waals surface area (Å²) in [7, 11) is 0. The van der Waals surface area contributed by atoms with Crippen LogP contribution >= 0.6 is 0 Å². The average Bonchev–Trinajstić information content (AvgIpc) is 3.07. The molecule has 2 aromatic carbocycles. The number of fused-ring (bicyclic) bond motifs is 1. The SMILES string of the molecule is O=C(Nc1cccc(Oc2ccncc2)c1)C1Cc2ccccc2O1. The van der Waals surface area contributed by atoms with Crippen molar-refractivity contribution in [3.63, 3.8) is 0 Å². The summed E-state index contributed by atoms with van der Waals surface area (Å²) in [6.07, 6.45) is 3.39. The Hall–Kier alpha value is -3.34. The van der Waals surface area contributed by atoms with Gasteiger partial charge in [0, 0.05) is 30.6 Å². The number of carbonyl (C=O) groups excluding carboxylic acids is 1. The van der Waals surface area contributed by atoms with Crippen LogP contribution in [0.25, 0.3) is 0 Å². The molecule has 0 fully saturated rings. The average molecular weight is 332 g/mol. The van der Waals surface area contributed by atoms with Gasteiger partial charge in [-0.3, -0.25) is 9.78 Å². The van der Waals surface area contributed by atoms with Crippen molar-refractivity contribution >= 4 is 11.6 Å². The van der Waals surface area contributed by atoms with Gasteiger partial charge in [0.1, 0.15) is 17.2 Å². The van der Waals surface area contributed by atoms with Crippen molar-refractivity contribution in [1.82, 2.24) is 4.98 Å². The van der Waals surface area contributed by atoms with Crippen molar-refractivity contribution in [2.45, 2.75) is 12.5 Å². The number of carbonyl (C=O) groups is 1. The van der Waals surface area contributed by atoms with E-state index in [1.54, 1.807) is 30.6 Å².